The van der Waals surface area contributed by atoms with Crippen LogP contribution in [0.25, 0.3) is 0 Å². The molecule has 0 unspecified atom stereocenters. The minimum atomic E-state index is -0.380. The SMILES string of the molecule is CCOC(=O)c1ccc(N(CC)CC)c(NC(=O)NC2CCCCC2)c1. The third-order valence-corrected chi connectivity index (χ3v) is 4.80. The van der Waals surface area contributed by atoms with Crippen LogP contribution in [0.5, 0.6) is 0 Å². The Morgan fingerprint density at radius 1 is 1.12 bits per heavy atom. The molecule has 2 rings (SSSR count). The van der Waals surface area contributed by atoms with Crippen molar-refractivity contribution >= 4 is 23.4 Å². The number of hydrogen-bond acceptors (Lipinski definition) is 4. The molecule has 1 fully saturated rings. The molecule has 0 bridgehead atoms. The zero-order valence-corrected chi connectivity index (χ0v) is 16.1. The lowest BCUT2D eigenvalue weighted by Crippen LogP contribution is -2.39. The van der Waals surface area contributed by atoms with Gasteiger partial charge in [0, 0.05) is 19.1 Å². The minimum absolute atomic E-state index is 0.216. The van der Waals surface area contributed by atoms with Gasteiger partial charge in [0.15, 0.2) is 0 Å². The summed E-state index contributed by atoms with van der Waals surface area (Å²) in [6, 6.07) is 5.33. The fourth-order valence-corrected chi connectivity index (χ4v) is 3.41. The van der Waals surface area contributed by atoms with Crippen LogP contribution >= 0.6 is 0 Å². The highest BCUT2D eigenvalue weighted by molar-refractivity contribution is 5.97. The molecule has 0 heterocycles. The van der Waals surface area contributed by atoms with E-state index in [2.05, 4.69) is 29.4 Å². The number of hydrogen-bond donors (Lipinski definition) is 2. The number of carbonyl (C=O) groups excluding carboxylic acids is 2. The third-order valence-electron chi connectivity index (χ3n) is 4.80. The lowest BCUT2D eigenvalue weighted by atomic mass is 9.96. The monoisotopic (exact) mass is 361 g/mol. The summed E-state index contributed by atoms with van der Waals surface area (Å²) in [7, 11) is 0. The zero-order valence-electron chi connectivity index (χ0n) is 16.1. The first-order chi connectivity index (χ1) is 12.6. The highest BCUT2D eigenvalue weighted by Gasteiger charge is 2.18. The van der Waals surface area contributed by atoms with Gasteiger partial charge in [0.05, 0.1) is 23.5 Å². The summed E-state index contributed by atoms with van der Waals surface area (Å²) >= 11 is 0. The van der Waals surface area contributed by atoms with Gasteiger partial charge in [0.1, 0.15) is 0 Å². The predicted octanol–water partition coefficient (Wildman–Crippen LogP) is 4.16. The number of ether oxygens (including phenoxy) is 1. The Kier molecular flexibility index (Phi) is 7.75. The van der Waals surface area contributed by atoms with Crippen molar-refractivity contribution in [2.75, 3.05) is 29.9 Å². The normalized spacial score (nSPS) is 14.6. The van der Waals surface area contributed by atoms with E-state index in [-0.39, 0.29) is 18.0 Å². The summed E-state index contributed by atoms with van der Waals surface area (Å²) in [4.78, 5) is 26.7. The molecule has 1 aromatic rings. The van der Waals surface area contributed by atoms with Gasteiger partial charge < -0.3 is 20.3 Å². The first-order valence-corrected chi connectivity index (χ1v) is 9.72. The fraction of sp³-hybridized carbons (Fsp3) is 0.600. The lowest BCUT2D eigenvalue weighted by molar-refractivity contribution is 0.0526. The number of nitrogens with zero attached hydrogens (tertiary/aromatic N) is 1. The quantitative estimate of drug-likeness (QED) is 0.715. The topological polar surface area (TPSA) is 70.7 Å². The number of rotatable bonds is 7. The van der Waals surface area contributed by atoms with Gasteiger partial charge in [0.2, 0.25) is 0 Å². The van der Waals surface area contributed by atoms with Crippen LogP contribution in [0.15, 0.2) is 18.2 Å². The Bertz CT molecular complexity index is 608. The number of urea groups is 1. The Morgan fingerprint density at radius 2 is 1.81 bits per heavy atom. The maximum Gasteiger partial charge on any atom is 0.338 e. The van der Waals surface area contributed by atoms with Crippen molar-refractivity contribution < 1.29 is 14.3 Å². The Labute approximate surface area is 156 Å². The van der Waals surface area contributed by atoms with E-state index in [0.29, 0.717) is 17.9 Å². The van der Waals surface area contributed by atoms with Crippen LogP contribution in [-0.2, 0) is 4.74 Å². The van der Waals surface area contributed by atoms with E-state index in [4.69, 9.17) is 4.74 Å². The highest BCUT2D eigenvalue weighted by Crippen LogP contribution is 2.28. The average Bonchev–Trinajstić information content (AvgIpc) is 2.64. The van der Waals surface area contributed by atoms with Crippen LogP contribution in [0.2, 0.25) is 0 Å². The molecule has 0 atom stereocenters. The van der Waals surface area contributed by atoms with E-state index in [1.54, 1.807) is 19.1 Å². The van der Waals surface area contributed by atoms with Crippen molar-refractivity contribution in [1.29, 1.82) is 0 Å². The summed E-state index contributed by atoms with van der Waals surface area (Å²) in [5.74, 6) is -0.380. The average molecular weight is 361 g/mol. The molecule has 2 N–H and O–H groups in total. The molecule has 0 radical (unpaired) electrons. The van der Waals surface area contributed by atoms with Crippen molar-refractivity contribution in [2.24, 2.45) is 0 Å². The number of anilines is 2. The molecule has 1 saturated carbocycles. The molecule has 6 heteroatoms. The van der Waals surface area contributed by atoms with E-state index >= 15 is 0 Å². The van der Waals surface area contributed by atoms with E-state index in [1.165, 1.54) is 6.42 Å². The number of carbonyl (C=O) groups is 2. The number of nitrogens with one attached hydrogen (secondary N) is 2. The second-order valence-corrected chi connectivity index (χ2v) is 6.56. The molecule has 26 heavy (non-hydrogen) atoms. The molecule has 2 amide bonds. The Hall–Kier alpha value is -2.24. The first kappa shape index (κ1) is 20.1. The molecule has 1 aliphatic carbocycles. The largest absolute Gasteiger partial charge is 0.462 e. The van der Waals surface area contributed by atoms with Crippen molar-refractivity contribution in [1.82, 2.24) is 5.32 Å². The maximum absolute atomic E-state index is 12.5. The summed E-state index contributed by atoms with van der Waals surface area (Å²) in [5, 5.41) is 6.00. The molecule has 1 aliphatic rings. The molecule has 0 aromatic heterocycles. The molecule has 6 nitrogen and oxygen atoms in total. The van der Waals surface area contributed by atoms with Crippen molar-refractivity contribution in [2.45, 2.75) is 58.9 Å². The van der Waals surface area contributed by atoms with Gasteiger partial charge in [-0.25, -0.2) is 9.59 Å². The first-order valence-electron chi connectivity index (χ1n) is 9.72. The summed E-state index contributed by atoms with van der Waals surface area (Å²) in [5.41, 5.74) is 1.98. The maximum atomic E-state index is 12.5. The van der Waals surface area contributed by atoms with Crippen molar-refractivity contribution in [3.8, 4) is 0 Å². The predicted molar refractivity (Wildman–Crippen MR) is 105 cm³/mol. The summed E-state index contributed by atoms with van der Waals surface area (Å²) in [6.07, 6.45) is 5.62. The molecule has 0 spiro atoms. The van der Waals surface area contributed by atoms with E-state index < -0.39 is 0 Å². The van der Waals surface area contributed by atoms with Crippen molar-refractivity contribution in [3.05, 3.63) is 23.8 Å². The molecular weight excluding hydrogens is 330 g/mol. The minimum Gasteiger partial charge on any atom is -0.462 e. The summed E-state index contributed by atoms with van der Waals surface area (Å²) < 4.78 is 5.08. The second kappa shape index (κ2) is 10.0. The molecular formula is C20H31N3O3. The molecule has 0 saturated heterocycles. The number of benzene rings is 1. The lowest BCUT2D eigenvalue weighted by Gasteiger charge is -2.26. The molecule has 1 aromatic carbocycles. The zero-order chi connectivity index (χ0) is 18.9. The standard InChI is InChI=1S/C20H31N3O3/c1-4-23(5-2)18-13-12-15(19(24)26-6-3)14-17(18)22-20(25)21-16-10-8-7-9-11-16/h12-14,16H,4-11H2,1-3H3,(H2,21,22,25). The smallest absolute Gasteiger partial charge is 0.338 e. The van der Waals surface area contributed by atoms with Gasteiger partial charge in [0.25, 0.3) is 0 Å². The van der Waals surface area contributed by atoms with Crippen LogP contribution in [0, 0.1) is 0 Å². The number of esters is 1. The van der Waals surface area contributed by atoms with Crippen LogP contribution < -0.4 is 15.5 Å². The Balaban J connectivity index is 2.19. The molecule has 144 valence electrons. The van der Waals surface area contributed by atoms with Gasteiger partial charge in [-0.2, -0.15) is 0 Å². The second-order valence-electron chi connectivity index (χ2n) is 6.56. The van der Waals surface area contributed by atoms with Gasteiger partial charge in [-0.15, -0.1) is 0 Å². The third kappa shape index (κ3) is 5.38. The van der Waals surface area contributed by atoms with Crippen LogP contribution in [0.4, 0.5) is 16.2 Å². The molecule has 0 aliphatic heterocycles. The van der Waals surface area contributed by atoms with Gasteiger partial charge in [-0.3, -0.25) is 0 Å². The Morgan fingerprint density at radius 3 is 2.42 bits per heavy atom. The fourth-order valence-electron chi connectivity index (χ4n) is 3.41. The van der Waals surface area contributed by atoms with Crippen LogP contribution in [-0.4, -0.2) is 37.7 Å². The van der Waals surface area contributed by atoms with Crippen LogP contribution in [0.3, 0.4) is 0 Å². The summed E-state index contributed by atoms with van der Waals surface area (Å²) in [6.45, 7) is 7.85. The van der Waals surface area contributed by atoms with Gasteiger partial charge in [-0.05, 0) is 51.8 Å². The van der Waals surface area contributed by atoms with E-state index in [9.17, 15) is 9.59 Å². The van der Waals surface area contributed by atoms with Gasteiger partial charge in [-0.1, -0.05) is 19.3 Å². The van der Waals surface area contributed by atoms with Gasteiger partial charge >= 0.3 is 12.0 Å². The van der Waals surface area contributed by atoms with E-state index in [0.717, 1.165) is 44.5 Å². The number of amides is 2. The van der Waals surface area contributed by atoms with Crippen LogP contribution in [0.1, 0.15) is 63.2 Å². The van der Waals surface area contributed by atoms with E-state index in [1.807, 2.05) is 6.07 Å². The highest BCUT2D eigenvalue weighted by atomic mass is 16.5. The van der Waals surface area contributed by atoms with Crippen molar-refractivity contribution in [3.63, 3.8) is 0 Å².